The fourth-order valence-corrected chi connectivity index (χ4v) is 5.86. The van der Waals surface area contributed by atoms with Crippen molar-refractivity contribution in [3.8, 4) is 0 Å². The zero-order chi connectivity index (χ0) is 31.6. The van der Waals surface area contributed by atoms with Gasteiger partial charge in [-0.3, -0.25) is 9.69 Å². The summed E-state index contributed by atoms with van der Waals surface area (Å²) < 4.78 is 13.3. The van der Waals surface area contributed by atoms with Crippen molar-refractivity contribution in [2.24, 2.45) is 0 Å². The van der Waals surface area contributed by atoms with Crippen LogP contribution in [0.1, 0.15) is 62.6 Å². The van der Waals surface area contributed by atoms with Crippen LogP contribution in [0.3, 0.4) is 0 Å². The molecule has 0 radical (unpaired) electrons. The molecule has 0 saturated carbocycles. The maximum absolute atomic E-state index is 12.5. The number of carbonyl (C=O) groups excluding carboxylic acids is 1. The van der Waals surface area contributed by atoms with Gasteiger partial charge in [-0.2, -0.15) is 0 Å². The summed E-state index contributed by atoms with van der Waals surface area (Å²) in [6, 6.07) is 46.4. The van der Waals surface area contributed by atoms with E-state index in [1.165, 1.54) is 11.1 Å². The Morgan fingerprint density at radius 1 is 0.652 bits per heavy atom. The second-order valence-corrected chi connectivity index (χ2v) is 11.8. The van der Waals surface area contributed by atoms with E-state index in [0.29, 0.717) is 18.5 Å². The van der Waals surface area contributed by atoms with Crippen molar-refractivity contribution in [2.75, 3.05) is 6.54 Å². The summed E-state index contributed by atoms with van der Waals surface area (Å²) in [5, 5.41) is 12.6. The highest BCUT2D eigenvalue weighted by molar-refractivity contribution is 5.94. The van der Waals surface area contributed by atoms with Crippen molar-refractivity contribution in [3.63, 3.8) is 0 Å². The number of hydrogen-bond acceptors (Lipinski definition) is 5. The minimum absolute atomic E-state index is 0.00620. The van der Waals surface area contributed by atoms with Crippen molar-refractivity contribution >= 4 is 5.91 Å². The predicted molar refractivity (Wildman–Crippen MR) is 179 cm³/mol. The van der Waals surface area contributed by atoms with E-state index < -0.39 is 6.29 Å². The number of nitrogens with one attached hydrogen (secondary N) is 1. The van der Waals surface area contributed by atoms with Gasteiger partial charge in [0.2, 0.25) is 0 Å². The number of benzene rings is 5. The van der Waals surface area contributed by atoms with Crippen LogP contribution >= 0.6 is 0 Å². The number of carbonyl (C=O) groups is 1. The van der Waals surface area contributed by atoms with Gasteiger partial charge >= 0.3 is 0 Å². The number of aliphatic hydroxyl groups excluding tert-OH is 1. The fraction of sp³-hybridized carbons (Fsp3) is 0.225. The predicted octanol–water partition coefficient (Wildman–Crippen LogP) is 7.36. The standard InChI is InChI=1S/C40H40N2O4/c43-29-33-18-20-34(21-19-33)38-24-37(28-42(26-31-10-4-1-5-11-31)27-32-12-6-2-7-13-32)45-40(46-38)36-22-16-30(17-23-36)25-41-39(44)35-14-8-3-9-15-35/h1-23,37-38,40,43H,24-29H2,(H,41,44)/t37-,38+,40+/m0/s1. The maximum atomic E-state index is 12.5. The Hall–Kier alpha value is -4.59. The van der Waals surface area contributed by atoms with E-state index >= 15 is 0 Å². The third-order valence-electron chi connectivity index (χ3n) is 8.32. The molecule has 0 unspecified atom stereocenters. The molecule has 46 heavy (non-hydrogen) atoms. The highest BCUT2D eigenvalue weighted by Gasteiger charge is 2.33. The molecule has 6 nitrogen and oxygen atoms in total. The highest BCUT2D eigenvalue weighted by Crippen LogP contribution is 2.38. The molecule has 1 heterocycles. The van der Waals surface area contributed by atoms with Gasteiger partial charge < -0.3 is 19.9 Å². The van der Waals surface area contributed by atoms with Crippen LogP contribution in [0.5, 0.6) is 0 Å². The molecule has 0 aromatic heterocycles. The highest BCUT2D eigenvalue weighted by atomic mass is 16.7. The zero-order valence-electron chi connectivity index (χ0n) is 25.9. The van der Waals surface area contributed by atoms with Gasteiger partial charge in [-0.25, -0.2) is 0 Å². The molecule has 0 aliphatic carbocycles. The van der Waals surface area contributed by atoms with E-state index in [9.17, 15) is 9.90 Å². The summed E-state index contributed by atoms with van der Waals surface area (Å²) in [6.07, 6.45) is -0.0988. The fourth-order valence-electron chi connectivity index (χ4n) is 5.86. The second-order valence-electron chi connectivity index (χ2n) is 11.8. The maximum Gasteiger partial charge on any atom is 0.251 e. The summed E-state index contributed by atoms with van der Waals surface area (Å²) in [4.78, 5) is 15.0. The monoisotopic (exact) mass is 612 g/mol. The molecular formula is C40H40N2O4. The largest absolute Gasteiger partial charge is 0.392 e. The average Bonchev–Trinajstić information content (AvgIpc) is 3.12. The number of hydrogen-bond donors (Lipinski definition) is 2. The Kier molecular flexibility index (Phi) is 10.7. The van der Waals surface area contributed by atoms with Crippen LogP contribution in [0.4, 0.5) is 0 Å². The molecule has 1 saturated heterocycles. The Labute approximate surface area is 271 Å². The van der Waals surface area contributed by atoms with Gasteiger partial charge in [-0.15, -0.1) is 0 Å². The number of aliphatic hydroxyl groups is 1. The first kappa shape index (κ1) is 31.4. The van der Waals surface area contributed by atoms with Gasteiger partial charge in [0, 0.05) is 43.7 Å². The summed E-state index contributed by atoms with van der Waals surface area (Å²) >= 11 is 0. The Balaban J connectivity index is 1.19. The first-order valence-electron chi connectivity index (χ1n) is 15.9. The molecule has 5 aromatic rings. The van der Waals surface area contributed by atoms with E-state index in [0.717, 1.165) is 41.9 Å². The minimum atomic E-state index is -0.551. The van der Waals surface area contributed by atoms with Gasteiger partial charge in [0.05, 0.1) is 18.8 Å². The van der Waals surface area contributed by atoms with Crippen molar-refractivity contribution < 1.29 is 19.4 Å². The SMILES string of the molecule is O=C(NCc1ccc([C@@H]2O[C@H](CN(Cc3ccccc3)Cc3ccccc3)C[C@H](c3ccc(CO)cc3)O2)cc1)c1ccccc1. The zero-order valence-corrected chi connectivity index (χ0v) is 25.9. The van der Waals surface area contributed by atoms with Crippen LogP contribution < -0.4 is 5.32 Å². The van der Waals surface area contributed by atoms with Crippen LogP contribution in [-0.2, 0) is 35.7 Å². The lowest BCUT2D eigenvalue weighted by Gasteiger charge is -2.38. The van der Waals surface area contributed by atoms with Crippen LogP contribution in [-0.4, -0.2) is 28.6 Å². The molecule has 6 rings (SSSR count). The Bertz CT molecular complexity index is 1600. The van der Waals surface area contributed by atoms with Crippen LogP contribution in [0.15, 0.2) is 140 Å². The molecule has 6 heteroatoms. The lowest BCUT2D eigenvalue weighted by atomic mass is 9.99. The van der Waals surface area contributed by atoms with Gasteiger partial charge in [-0.1, -0.05) is 127 Å². The van der Waals surface area contributed by atoms with Crippen LogP contribution in [0.2, 0.25) is 0 Å². The summed E-state index contributed by atoms with van der Waals surface area (Å²) in [7, 11) is 0. The third kappa shape index (κ3) is 8.56. The lowest BCUT2D eigenvalue weighted by molar-refractivity contribution is -0.253. The van der Waals surface area contributed by atoms with E-state index in [-0.39, 0.29) is 24.7 Å². The van der Waals surface area contributed by atoms with Crippen molar-refractivity contribution in [1.82, 2.24) is 10.2 Å². The van der Waals surface area contributed by atoms with Crippen molar-refractivity contribution in [3.05, 3.63) is 178 Å². The summed E-state index contributed by atoms with van der Waals surface area (Å²) in [5.41, 5.74) is 7.01. The molecule has 0 spiro atoms. The average molecular weight is 613 g/mol. The van der Waals surface area contributed by atoms with Crippen molar-refractivity contribution in [1.29, 1.82) is 0 Å². The van der Waals surface area contributed by atoms with Crippen molar-refractivity contribution in [2.45, 2.75) is 51.2 Å². The Morgan fingerprint density at radius 3 is 1.78 bits per heavy atom. The smallest absolute Gasteiger partial charge is 0.251 e. The normalized spacial score (nSPS) is 17.9. The molecule has 1 fully saturated rings. The molecule has 5 aromatic carbocycles. The minimum Gasteiger partial charge on any atom is -0.392 e. The Morgan fingerprint density at radius 2 is 1.20 bits per heavy atom. The molecular weight excluding hydrogens is 572 g/mol. The van der Waals surface area contributed by atoms with E-state index in [2.05, 4.69) is 58.7 Å². The van der Waals surface area contributed by atoms with Crippen LogP contribution in [0, 0.1) is 0 Å². The van der Waals surface area contributed by atoms with Gasteiger partial charge in [-0.05, 0) is 39.9 Å². The second kappa shape index (κ2) is 15.6. The molecule has 1 amide bonds. The number of ether oxygens (including phenoxy) is 2. The number of rotatable bonds is 12. The molecule has 3 atom stereocenters. The number of nitrogens with zero attached hydrogens (tertiary/aromatic N) is 1. The third-order valence-corrected chi connectivity index (χ3v) is 8.32. The van der Waals surface area contributed by atoms with E-state index in [4.69, 9.17) is 9.47 Å². The molecule has 0 bridgehead atoms. The molecule has 234 valence electrons. The quantitative estimate of drug-likeness (QED) is 0.154. The topological polar surface area (TPSA) is 71.0 Å². The first-order valence-corrected chi connectivity index (χ1v) is 15.9. The molecule has 1 aliphatic heterocycles. The molecule has 2 N–H and O–H groups in total. The lowest BCUT2D eigenvalue weighted by Crippen LogP contribution is -2.39. The molecule has 1 aliphatic rings. The van der Waals surface area contributed by atoms with Crippen LogP contribution in [0.25, 0.3) is 0 Å². The number of amides is 1. The van der Waals surface area contributed by atoms with Gasteiger partial charge in [0.15, 0.2) is 6.29 Å². The van der Waals surface area contributed by atoms with Gasteiger partial charge in [0.25, 0.3) is 5.91 Å². The first-order chi connectivity index (χ1) is 22.6. The van der Waals surface area contributed by atoms with E-state index in [1.807, 2.05) is 78.9 Å². The summed E-state index contributed by atoms with van der Waals surface area (Å²) in [6.45, 7) is 2.78. The van der Waals surface area contributed by atoms with E-state index in [1.54, 1.807) is 12.1 Å². The van der Waals surface area contributed by atoms with Gasteiger partial charge in [0.1, 0.15) is 0 Å². The summed E-state index contributed by atoms with van der Waals surface area (Å²) in [5.74, 6) is -0.0999.